The SMILES string of the molecule is Cc1c(F)cc(C(=O)NCC(F)(F)F)cc1NC(=O)CCc1ncc(-c2ccccc2Cl)o1. The van der Waals surface area contributed by atoms with Crippen molar-refractivity contribution in [3.63, 3.8) is 0 Å². The molecule has 33 heavy (non-hydrogen) atoms. The molecule has 3 rings (SSSR count). The molecule has 0 aliphatic carbocycles. The fourth-order valence-corrected chi connectivity index (χ4v) is 3.10. The topological polar surface area (TPSA) is 84.2 Å². The highest BCUT2D eigenvalue weighted by Gasteiger charge is 2.28. The average molecular weight is 484 g/mol. The minimum absolute atomic E-state index is 0.0266. The van der Waals surface area contributed by atoms with E-state index in [1.54, 1.807) is 29.6 Å². The standard InChI is InChI=1S/C22H18ClF4N3O3/c1-12-16(24)8-13(21(32)29-11-22(25,26)27)9-17(12)30-19(31)6-7-20-28-10-18(33-20)14-4-2-3-5-15(14)23/h2-5,8-10H,6-7,11H2,1H3,(H,29,32)(H,30,31). The van der Waals surface area contributed by atoms with Crippen LogP contribution < -0.4 is 10.6 Å². The van der Waals surface area contributed by atoms with Gasteiger partial charge in [-0.3, -0.25) is 9.59 Å². The van der Waals surface area contributed by atoms with E-state index < -0.39 is 30.4 Å². The number of carbonyl (C=O) groups excluding carboxylic acids is 2. The molecular formula is C22H18ClF4N3O3. The zero-order chi connectivity index (χ0) is 24.2. The molecule has 6 nitrogen and oxygen atoms in total. The molecule has 0 fully saturated rings. The average Bonchev–Trinajstić information content (AvgIpc) is 3.22. The molecule has 0 bridgehead atoms. The van der Waals surface area contributed by atoms with E-state index >= 15 is 0 Å². The molecule has 11 heteroatoms. The number of nitrogens with zero attached hydrogens (tertiary/aromatic N) is 1. The maximum absolute atomic E-state index is 14.2. The molecule has 3 aromatic rings. The zero-order valence-corrected chi connectivity index (χ0v) is 18.0. The van der Waals surface area contributed by atoms with E-state index in [1.807, 2.05) is 0 Å². The Morgan fingerprint density at radius 2 is 1.91 bits per heavy atom. The Balaban J connectivity index is 1.64. The van der Waals surface area contributed by atoms with Crippen molar-refractivity contribution in [3.8, 4) is 11.3 Å². The third kappa shape index (κ3) is 6.55. The predicted molar refractivity (Wildman–Crippen MR) is 113 cm³/mol. The van der Waals surface area contributed by atoms with Gasteiger partial charge in [-0.2, -0.15) is 13.2 Å². The Morgan fingerprint density at radius 3 is 2.61 bits per heavy atom. The van der Waals surface area contributed by atoms with Crippen molar-refractivity contribution in [2.75, 3.05) is 11.9 Å². The minimum atomic E-state index is -4.61. The number of aryl methyl sites for hydroxylation is 1. The third-order valence-corrected chi connectivity index (χ3v) is 4.92. The van der Waals surface area contributed by atoms with Crippen molar-refractivity contribution < 1.29 is 31.6 Å². The number of hydrogen-bond acceptors (Lipinski definition) is 4. The summed E-state index contributed by atoms with van der Waals surface area (Å²) in [4.78, 5) is 28.4. The first kappa shape index (κ1) is 24.2. The van der Waals surface area contributed by atoms with E-state index in [1.165, 1.54) is 13.1 Å². The first-order valence-electron chi connectivity index (χ1n) is 9.68. The molecule has 0 atom stereocenters. The summed E-state index contributed by atoms with van der Waals surface area (Å²) in [7, 11) is 0. The van der Waals surface area contributed by atoms with E-state index in [2.05, 4.69) is 10.3 Å². The fourth-order valence-electron chi connectivity index (χ4n) is 2.87. The van der Waals surface area contributed by atoms with Crippen LogP contribution in [0.4, 0.5) is 23.2 Å². The van der Waals surface area contributed by atoms with Crippen LogP contribution in [0.15, 0.2) is 47.0 Å². The van der Waals surface area contributed by atoms with Gasteiger partial charge in [-0.1, -0.05) is 23.7 Å². The second-order valence-electron chi connectivity index (χ2n) is 7.07. The number of hydrogen-bond donors (Lipinski definition) is 2. The van der Waals surface area contributed by atoms with Crippen molar-refractivity contribution in [1.82, 2.24) is 10.3 Å². The van der Waals surface area contributed by atoms with Gasteiger partial charge in [0.1, 0.15) is 12.4 Å². The first-order valence-corrected chi connectivity index (χ1v) is 10.1. The van der Waals surface area contributed by atoms with E-state index in [0.29, 0.717) is 16.3 Å². The van der Waals surface area contributed by atoms with E-state index in [0.717, 1.165) is 12.1 Å². The summed E-state index contributed by atoms with van der Waals surface area (Å²) in [6, 6.07) is 8.94. The molecule has 0 saturated carbocycles. The van der Waals surface area contributed by atoms with Gasteiger partial charge >= 0.3 is 6.18 Å². The van der Waals surface area contributed by atoms with Crippen molar-refractivity contribution in [2.45, 2.75) is 25.9 Å². The lowest BCUT2D eigenvalue weighted by molar-refractivity contribution is -0.123. The van der Waals surface area contributed by atoms with Crippen LogP contribution in [0.5, 0.6) is 0 Å². The summed E-state index contributed by atoms with van der Waals surface area (Å²) in [6.07, 6.45) is -3.07. The monoisotopic (exact) mass is 483 g/mol. The molecular weight excluding hydrogens is 466 g/mol. The molecule has 1 heterocycles. The number of nitrogens with one attached hydrogen (secondary N) is 2. The van der Waals surface area contributed by atoms with Crippen molar-refractivity contribution in [1.29, 1.82) is 0 Å². The Kier molecular flexibility index (Phi) is 7.37. The van der Waals surface area contributed by atoms with Crippen LogP contribution in [-0.2, 0) is 11.2 Å². The van der Waals surface area contributed by atoms with Gasteiger partial charge in [0.2, 0.25) is 5.91 Å². The van der Waals surface area contributed by atoms with E-state index in [9.17, 15) is 27.2 Å². The van der Waals surface area contributed by atoms with Gasteiger partial charge in [0.05, 0.1) is 11.2 Å². The van der Waals surface area contributed by atoms with Crippen molar-refractivity contribution >= 4 is 29.1 Å². The molecule has 0 radical (unpaired) electrons. The summed E-state index contributed by atoms with van der Waals surface area (Å²) in [5.74, 6) is -1.77. The summed E-state index contributed by atoms with van der Waals surface area (Å²) in [5.41, 5.74) is 0.304. The van der Waals surface area contributed by atoms with E-state index in [-0.39, 0.29) is 35.5 Å². The molecule has 2 N–H and O–H groups in total. The number of amides is 2. The Labute approximate surface area is 191 Å². The van der Waals surface area contributed by atoms with Crippen LogP contribution in [0, 0.1) is 12.7 Å². The van der Waals surface area contributed by atoms with Crippen LogP contribution in [0.25, 0.3) is 11.3 Å². The van der Waals surface area contributed by atoms with Crippen LogP contribution >= 0.6 is 11.6 Å². The largest absolute Gasteiger partial charge is 0.441 e. The van der Waals surface area contributed by atoms with Gasteiger partial charge in [-0.05, 0) is 31.2 Å². The number of alkyl halides is 3. The smallest absolute Gasteiger partial charge is 0.405 e. The van der Waals surface area contributed by atoms with Gasteiger partial charge < -0.3 is 15.1 Å². The number of aromatic nitrogens is 1. The summed E-state index contributed by atoms with van der Waals surface area (Å²) in [6.45, 7) is -0.193. The van der Waals surface area contributed by atoms with Crippen LogP contribution in [-0.4, -0.2) is 29.5 Å². The van der Waals surface area contributed by atoms with Gasteiger partial charge in [0, 0.05) is 35.2 Å². The fraction of sp³-hybridized carbons (Fsp3) is 0.227. The second-order valence-corrected chi connectivity index (χ2v) is 7.48. The number of carbonyl (C=O) groups is 2. The lowest BCUT2D eigenvalue weighted by atomic mass is 10.1. The van der Waals surface area contributed by atoms with Crippen LogP contribution in [0.3, 0.4) is 0 Å². The maximum atomic E-state index is 14.2. The molecule has 0 spiro atoms. The minimum Gasteiger partial charge on any atom is -0.441 e. The first-order chi connectivity index (χ1) is 15.5. The molecule has 0 aliphatic rings. The number of anilines is 1. The van der Waals surface area contributed by atoms with Gasteiger partial charge in [0.25, 0.3) is 5.91 Å². The number of halogens is 5. The Bertz CT molecular complexity index is 1180. The Morgan fingerprint density at radius 1 is 1.18 bits per heavy atom. The zero-order valence-electron chi connectivity index (χ0n) is 17.2. The van der Waals surface area contributed by atoms with Crippen LogP contribution in [0.2, 0.25) is 5.02 Å². The quantitative estimate of drug-likeness (QED) is 0.446. The van der Waals surface area contributed by atoms with Crippen molar-refractivity contribution in [2.24, 2.45) is 0 Å². The molecule has 0 unspecified atom stereocenters. The molecule has 2 aromatic carbocycles. The van der Waals surface area contributed by atoms with E-state index in [4.69, 9.17) is 16.0 Å². The second kappa shape index (κ2) is 10.0. The predicted octanol–water partition coefficient (Wildman–Crippen LogP) is 5.31. The highest BCUT2D eigenvalue weighted by Crippen LogP contribution is 2.28. The van der Waals surface area contributed by atoms with Crippen LogP contribution in [0.1, 0.15) is 28.2 Å². The van der Waals surface area contributed by atoms with Gasteiger partial charge in [0.15, 0.2) is 11.7 Å². The molecule has 0 aliphatic heterocycles. The molecule has 0 saturated heterocycles. The van der Waals surface area contributed by atoms with Crippen molar-refractivity contribution in [3.05, 3.63) is 70.5 Å². The van der Waals surface area contributed by atoms with Gasteiger partial charge in [-0.15, -0.1) is 0 Å². The third-order valence-electron chi connectivity index (χ3n) is 4.59. The molecule has 174 valence electrons. The number of rotatable bonds is 7. The highest BCUT2D eigenvalue weighted by molar-refractivity contribution is 6.33. The lowest BCUT2D eigenvalue weighted by Gasteiger charge is -2.13. The number of benzene rings is 2. The summed E-state index contributed by atoms with van der Waals surface area (Å²) < 4.78 is 56.7. The maximum Gasteiger partial charge on any atom is 0.405 e. The highest BCUT2D eigenvalue weighted by atomic mass is 35.5. The summed E-state index contributed by atoms with van der Waals surface area (Å²) >= 11 is 6.12. The number of oxazole rings is 1. The van der Waals surface area contributed by atoms with Gasteiger partial charge in [-0.25, -0.2) is 9.37 Å². The Hall–Kier alpha value is -3.40. The molecule has 2 amide bonds. The lowest BCUT2D eigenvalue weighted by Crippen LogP contribution is -2.33. The summed E-state index contributed by atoms with van der Waals surface area (Å²) in [5, 5.41) is 4.61. The normalized spacial score (nSPS) is 11.3. The molecule has 1 aromatic heterocycles.